The maximum Gasteiger partial charge on any atom is 0.273 e. The van der Waals surface area contributed by atoms with Crippen molar-refractivity contribution in [2.45, 2.75) is 64.3 Å². The van der Waals surface area contributed by atoms with Crippen LogP contribution in [0.3, 0.4) is 0 Å². The highest BCUT2D eigenvalue weighted by molar-refractivity contribution is 5.92. The Bertz CT molecular complexity index is 1070. The highest BCUT2D eigenvalue weighted by Gasteiger charge is 2.31. The van der Waals surface area contributed by atoms with Gasteiger partial charge >= 0.3 is 0 Å². The summed E-state index contributed by atoms with van der Waals surface area (Å²) in [6, 6.07) is 7.01. The largest absolute Gasteiger partial charge is 0.508 e. The number of aromatic hydroxyl groups is 1. The van der Waals surface area contributed by atoms with Gasteiger partial charge in [0.25, 0.3) is 5.91 Å². The second-order valence-corrected chi connectivity index (χ2v) is 9.64. The molecule has 1 aromatic carbocycles. The Morgan fingerprint density at radius 3 is 2.57 bits per heavy atom. The Labute approximate surface area is 205 Å². The number of nitrogens with zero attached hydrogens (tertiary/aromatic N) is 2. The summed E-state index contributed by atoms with van der Waals surface area (Å²) in [6.45, 7) is 4.92. The topological polar surface area (TPSA) is 125 Å². The van der Waals surface area contributed by atoms with Gasteiger partial charge in [0.1, 0.15) is 11.5 Å². The van der Waals surface area contributed by atoms with Crippen LogP contribution < -0.4 is 10.6 Å². The van der Waals surface area contributed by atoms with E-state index in [9.17, 15) is 19.5 Å². The van der Waals surface area contributed by atoms with Gasteiger partial charge in [-0.1, -0.05) is 24.2 Å². The van der Waals surface area contributed by atoms with E-state index in [2.05, 4.69) is 15.8 Å². The molecule has 3 amide bonds. The number of nitrogens with one attached hydrogen (secondary N) is 2. The Hall–Kier alpha value is -3.36. The van der Waals surface area contributed by atoms with E-state index in [1.54, 1.807) is 19.1 Å². The van der Waals surface area contributed by atoms with Gasteiger partial charge in [-0.05, 0) is 56.2 Å². The molecule has 3 N–H and O–H groups in total. The number of carbonyl (C=O) groups excluding carboxylic acids is 3. The zero-order valence-electron chi connectivity index (χ0n) is 20.4. The minimum absolute atomic E-state index is 0.0116. The Balaban J connectivity index is 1.33. The summed E-state index contributed by atoms with van der Waals surface area (Å²) in [5, 5.41) is 19.6. The Morgan fingerprint density at radius 2 is 1.91 bits per heavy atom. The molecule has 1 aromatic heterocycles. The molecule has 0 radical (unpaired) electrons. The average molecular weight is 483 g/mol. The third-order valence-corrected chi connectivity index (χ3v) is 6.84. The molecule has 9 nitrogen and oxygen atoms in total. The van der Waals surface area contributed by atoms with Gasteiger partial charge in [0.15, 0.2) is 5.69 Å². The van der Waals surface area contributed by atoms with Crippen molar-refractivity contribution in [2.24, 2.45) is 5.92 Å². The highest BCUT2D eigenvalue weighted by Crippen LogP contribution is 2.40. The number of amides is 3. The lowest BCUT2D eigenvalue weighted by Crippen LogP contribution is -2.49. The van der Waals surface area contributed by atoms with Crippen LogP contribution in [0.2, 0.25) is 0 Å². The zero-order chi connectivity index (χ0) is 24.9. The third kappa shape index (κ3) is 6.41. The van der Waals surface area contributed by atoms with Crippen LogP contribution in [-0.4, -0.2) is 58.6 Å². The number of phenolic OH excluding ortho intramolecular Hbond substituents is 1. The standard InChI is InChI=1S/C26H34N4O5/c1-3-24(32)27-15-19(13-17-4-7-22(31)16(2)12-17)26(34)30-10-8-20(9-11-30)28-25(33)21-14-23(35-29-21)18-5-6-18/h4,7,12,14,18-20,31H,3,5-6,8-11,13,15H2,1-2H3,(H,27,32)(H,28,33). The minimum atomic E-state index is -0.406. The molecule has 1 aliphatic carbocycles. The molecule has 2 heterocycles. The van der Waals surface area contributed by atoms with Gasteiger partial charge in [0.2, 0.25) is 11.8 Å². The number of carbonyl (C=O) groups is 3. The van der Waals surface area contributed by atoms with Crippen molar-refractivity contribution in [1.82, 2.24) is 20.7 Å². The molecule has 2 aromatic rings. The molecule has 2 aliphatic rings. The molecule has 1 saturated heterocycles. The Kier molecular flexibility index (Phi) is 7.73. The number of aryl methyl sites for hydroxylation is 1. The SMILES string of the molecule is CCC(=O)NCC(Cc1ccc(O)c(C)c1)C(=O)N1CCC(NC(=O)c2cc(C3CC3)on2)CC1. The first-order chi connectivity index (χ1) is 16.8. The van der Waals surface area contributed by atoms with E-state index in [1.165, 1.54) is 0 Å². The fourth-order valence-electron chi connectivity index (χ4n) is 4.46. The summed E-state index contributed by atoms with van der Waals surface area (Å²) in [6.07, 6.45) is 4.29. The van der Waals surface area contributed by atoms with Crippen LogP contribution in [0.5, 0.6) is 5.75 Å². The van der Waals surface area contributed by atoms with Gasteiger partial charge in [0, 0.05) is 44.1 Å². The summed E-state index contributed by atoms with van der Waals surface area (Å²) >= 11 is 0. The quantitative estimate of drug-likeness (QED) is 0.505. The molecule has 188 valence electrons. The first-order valence-corrected chi connectivity index (χ1v) is 12.5. The molecule has 9 heteroatoms. The first kappa shape index (κ1) is 24.8. The Morgan fingerprint density at radius 1 is 1.17 bits per heavy atom. The average Bonchev–Trinajstić information content (AvgIpc) is 3.59. The summed E-state index contributed by atoms with van der Waals surface area (Å²) in [5.74, 6) is 0.644. The summed E-state index contributed by atoms with van der Waals surface area (Å²) in [5.41, 5.74) is 1.99. The van der Waals surface area contributed by atoms with Crippen molar-refractivity contribution < 1.29 is 24.0 Å². The lowest BCUT2D eigenvalue weighted by Gasteiger charge is -2.34. The van der Waals surface area contributed by atoms with E-state index in [-0.39, 0.29) is 36.1 Å². The maximum absolute atomic E-state index is 13.4. The molecule has 1 atom stereocenters. The lowest BCUT2D eigenvalue weighted by molar-refractivity contribution is -0.136. The van der Waals surface area contributed by atoms with E-state index in [4.69, 9.17) is 4.52 Å². The normalized spacial score (nSPS) is 17.1. The van der Waals surface area contributed by atoms with E-state index in [0.29, 0.717) is 50.4 Å². The van der Waals surface area contributed by atoms with Gasteiger partial charge in [-0.3, -0.25) is 14.4 Å². The molecule has 1 saturated carbocycles. The third-order valence-electron chi connectivity index (χ3n) is 6.84. The molecule has 0 spiro atoms. The number of benzene rings is 1. The molecule has 35 heavy (non-hydrogen) atoms. The second-order valence-electron chi connectivity index (χ2n) is 9.64. The lowest BCUT2D eigenvalue weighted by atomic mass is 9.94. The molecule has 1 aliphatic heterocycles. The number of rotatable bonds is 9. The van der Waals surface area contributed by atoms with Gasteiger partial charge in [0.05, 0.1) is 5.92 Å². The van der Waals surface area contributed by atoms with Crippen LogP contribution in [0.1, 0.15) is 72.3 Å². The van der Waals surface area contributed by atoms with E-state index >= 15 is 0 Å². The minimum Gasteiger partial charge on any atom is -0.508 e. The van der Waals surface area contributed by atoms with Gasteiger partial charge in [-0.25, -0.2) is 0 Å². The number of phenols is 1. The zero-order valence-corrected chi connectivity index (χ0v) is 20.4. The maximum atomic E-state index is 13.4. The number of hydrogen-bond acceptors (Lipinski definition) is 6. The molecule has 0 bridgehead atoms. The predicted octanol–water partition coefficient (Wildman–Crippen LogP) is 2.67. The van der Waals surface area contributed by atoms with Gasteiger partial charge in [-0.15, -0.1) is 0 Å². The van der Waals surface area contributed by atoms with Crippen molar-refractivity contribution >= 4 is 17.7 Å². The van der Waals surface area contributed by atoms with Crippen molar-refractivity contribution in [3.63, 3.8) is 0 Å². The molecular weight excluding hydrogens is 448 g/mol. The number of aromatic nitrogens is 1. The molecular formula is C26H34N4O5. The van der Waals surface area contributed by atoms with E-state index in [1.807, 2.05) is 24.0 Å². The molecule has 1 unspecified atom stereocenters. The smallest absolute Gasteiger partial charge is 0.273 e. The van der Waals surface area contributed by atoms with Crippen LogP contribution in [-0.2, 0) is 16.0 Å². The van der Waals surface area contributed by atoms with Crippen molar-refractivity contribution in [2.75, 3.05) is 19.6 Å². The van der Waals surface area contributed by atoms with Crippen LogP contribution in [0, 0.1) is 12.8 Å². The predicted molar refractivity (Wildman–Crippen MR) is 129 cm³/mol. The second kappa shape index (κ2) is 10.9. The summed E-state index contributed by atoms with van der Waals surface area (Å²) in [4.78, 5) is 39.6. The van der Waals surface area contributed by atoms with Crippen LogP contribution in [0.4, 0.5) is 0 Å². The van der Waals surface area contributed by atoms with Crippen molar-refractivity contribution in [3.05, 3.63) is 46.8 Å². The van der Waals surface area contributed by atoms with E-state index in [0.717, 1.165) is 29.7 Å². The van der Waals surface area contributed by atoms with Gasteiger partial charge in [-0.2, -0.15) is 0 Å². The van der Waals surface area contributed by atoms with Gasteiger partial charge < -0.3 is 25.2 Å². The fourth-order valence-corrected chi connectivity index (χ4v) is 4.46. The summed E-state index contributed by atoms with van der Waals surface area (Å²) < 4.78 is 5.28. The first-order valence-electron chi connectivity index (χ1n) is 12.5. The van der Waals surface area contributed by atoms with E-state index < -0.39 is 5.92 Å². The van der Waals surface area contributed by atoms with Crippen LogP contribution in [0.25, 0.3) is 0 Å². The molecule has 4 rings (SSSR count). The van der Waals surface area contributed by atoms with Crippen molar-refractivity contribution in [3.8, 4) is 5.75 Å². The van der Waals surface area contributed by atoms with Crippen LogP contribution in [0.15, 0.2) is 28.8 Å². The number of hydrogen-bond donors (Lipinski definition) is 3. The monoisotopic (exact) mass is 482 g/mol. The molecule has 2 fully saturated rings. The highest BCUT2D eigenvalue weighted by atomic mass is 16.5. The van der Waals surface area contributed by atoms with Crippen LogP contribution >= 0.6 is 0 Å². The summed E-state index contributed by atoms with van der Waals surface area (Å²) in [7, 11) is 0. The number of likely N-dealkylation sites (tertiary alicyclic amines) is 1. The van der Waals surface area contributed by atoms with Crippen molar-refractivity contribution in [1.29, 1.82) is 0 Å². The number of piperidine rings is 1. The fraction of sp³-hybridized carbons (Fsp3) is 0.538.